The molecule has 0 radical (unpaired) electrons. The van der Waals surface area contributed by atoms with Gasteiger partial charge < -0.3 is 5.32 Å². The fraction of sp³-hybridized carbons (Fsp3) is 0.400. The molecular formula is C20H25N5OS. The van der Waals surface area contributed by atoms with E-state index in [-0.39, 0.29) is 17.7 Å². The molecule has 3 rings (SSSR count). The Morgan fingerprint density at radius 3 is 2.52 bits per heavy atom. The predicted octanol–water partition coefficient (Wildman–Crippen LogP) is 3.66. The maximum absolute atomic E-state index is 12.5. The van der Waals surface area contributed by atoms with Gasteiger partial charge >= 0.3 is 0 Å². The first-order valence-electron chi connectivity index (χ1n) is 9.04. The van der Waals surface area contributed by atoms with Crippen molar-refractivity contribution in [2.45, 2.75) is 45.8 Å². The molecule has 0 spiro atoms. The molecule has 1 amide bonds. The SMILES string of the molecule is Cc1nc2nc(SCC(=O)N[C@H](c3ccccc3)C(C)C)nn2c(C)c1C. The normalized spacial score (nSPS) is 12.5. The van der Waals surface area contributed by atoms with Crippen molar-refractivity contribution < 1.29 is 4.79 Å². The number of carbonyl (C=O) groups excluding carboxylic acids is 1. The van der Waals surface area contributed by atoms with E-state index in [0.717, 1.165) is 22.5 Å². The Hall–Kier alpha value is -2.41. The molecular weight excluding hydrogens is 358 g/mol. The Morgan fingerprint density at radius 1 is 1.15 bits per heavy atom. The van der Waals surface area contributed by atoms with Crippen LogP contribution in [0.5, 0.6) is 0 Å². The number of nitrogens with one attached hydrogen (secondary N) is 1. The summed E-state index contributed by atoms with van der Waals surface area (Å²) in [7, 11) is 0. The van der Waals surface area contributed by atoms with Crippen LogP contribution in [-0.2, 0) is 4.79 Å². The summed E-state index contributed by atoms with van der Waals surface area (Å²) in [5.74, 6) is 1.11. The summed E-state index contributed by atoms with van der Waals surface area (Å²) in [6, 6.07) is 10.0. The van der Waals surface area contributed by atoms with E-state index in [2.05, 4.69) is 34.2 Å². The van der Waals surface area contributed by atoms with Crippen molar-refractivity contribution in [3.05, 3.63) is 52.8 Å². The van der Waals surface area contributed by atoms with Crippen molar-refractivity contribution in [3.8, 4) is 0 Å². The van der Waals surface area contributed by atoms with Gasteiger partial charge in [-0.2, -0.15) is 4.98 Å². The summed E-state index contributed by atoms with van der Waals surface area (Å²) >= 11 is 1.33. The standard InChI is InChI=1S/C20H25N5OS/c1-12(2)18(16-9-7-6-8-10-16)22-17(26)11-27-20-23-19-21-14(4)13(3)15(5)25(19)24-20/h6-10,12,18H,11H2,1-5H3,(H,22,26)/t18-/m0/s1. The summed E-state index contributed by atoms with van der Waals surface area (Å²) in [6.45, 7) is 10.2. The van der Waals surface area contributed by atoms with E-state index in [1.54, 1.807) is 4.52 Å². The number of thioether (sulfide) groups is 1. The maximum Gasteiger partial charge on any atom is 0.253 e. The van der Waals surface area contributed by atoms with Crippen LogP contribution in [0, 0.1) is 26.7 Å². The maximum atomic E-state index is 12.5. The fourth-order valence-electron chi connectivity index (χ4n) is 2.94. The summed E-state index contributed by atoms with van der Waals surface area (Å²) in [6.07, 6.45) is 0. The molecule has 2 aromatic heterocycles. The lowest BCUT2D eigenvalue weighted by Gasteiger charge is -2.22. The van der Waals surface area contributed by atoms with Gasteiger partial charge in [0.05, 0.1) is 11.8 Å². The highest BCUT2D eigenvalue weighted by Gasteiger charge is 2.19. The number of fused-ring (bicyclic) bond motifs is 1. The largest absolute Gasteiger partial charge is 0.348 e. The van der Waals surface area contributed by atoms with Crippen molar-refractivity contribution in [2.24, 2.45) is 5.92 Å². The van der Waals surface area contributed by atoms with Gasteiger partial charge in [0, 0.05) is 11.4 Å². The lowest BCUT2D eigenvalue weighted by atomic mass is 9.96. The van der Waals surface area contributed by atoms with Gasteiger partial charge in [0.1, 0.15) is 0 Å². The van der Waals surface area contributed by atoms with E-state index in [1.165, 1.54) is 11.8 Å². The van der Waals surface area contributed by atoms with Gasteiger partial charge in [0.25, 0.3) is 5.78 Å². The van der Waals surface area contributed by atoms with Crippen LogP contribution in [0.4, 0.5) is 0 Å². The molecule has 3 aromatic rings. The zero-order valence-corrected chi connectivity index (χ0v) is 17.2. The molecule has 1 N–H and O–H groups in total. The highest BCUT2D eigenvalue weighted by atomic mass is 32.2. The van der Waals surface area contributed by atoms with Crippen LogP contribution in [0.25, 0.3) is 5.78 Å². The minimum atomic E-state index is -0.0292. The van der Waals surface area contributed by atoms with Crippen LogP contribution >= 0.6 is 11.8 Å². The van der Waals surface area contributed by atoms with Crippen LogP contribution in [0.1, 0.15) is 42.4 Å². The zero-order chi connectivity index (χ0) is 19.6. The minimum absolute atomic E-state index is 0.0115. The molecule has 0 saturated heterocycles. The lowest BCUT2D eigenvalue weighted by molar-refractivity contribution is -0.119. The second-order valence-electron chi connectivity index (χ2n) is 7.00. The molecule has 0 saturated carbocycles. The first kappa shape index (κ1) is 19.4. The van der Waals surface area contributed by atoms with Crippen molar-refractivity contribution in [2.75, 3.05) is 5.75 Å². The van der Waals surface area contributed by atoms with Gasteiger partial charge in [-0.3, -0.25) is 4.79 Å². The highest BCUT2D eigenvalue weighted by molar-refractivity contribution is 7.99. The molecule has 0 aliphatic rings. The molecule has 0 aliphatic heterocycles. The van der Waals surface area contributed by atoms with E-state index >= 15 is 0 Å². The first-order valence-corrected chi connectivity index (χ1v) is 10.0. The molecule has 0 bridgehead atoms. The van der Waals surface area contributed by atoms with Gasteiger partial charge in [-0.05, 0) is 37.8 Å². The number of rotatable bonds is 6. The smallest absolute Gasteiger partial charge is 0.253 e. The Balaban J connectivity index is 1.68. The van der Waals surface area contributed by atoms with Gasteiger partial charge in [0.2, 0.25) is 11.1 Å². The number of carbonyl (C=O) groups is 1. The molecule has 0 fully saturated rings. The average Bonchev–Trinajstić information content (AvgIpc) is 3.06. The van der Waals surface area contributed by atoms with Gasteiger partial charge in [-0.1, -0.05) is 55.9 Å². The van der Waals surface area contributed by atoms with Crippen LogP contribution in [-0.4, -0.2) is 31.2 Å². The predicted molar refractivity (Wildman–Crippen MR) is 108 cm³/mol. The summed E-state index contributed by atoms with van der Waals surface area (Å²) in [5.41, 5.74) is 4.18. The monoisotopic (exact) mass is 383 g/mol. The Labute approximate surface area is 163 Å². The second-order valence-corrected chi connectivity index (χ2v) is 7.94. The topological polar surface area (TPSA) is 72.2 Å². The molecule has 1 aromatic carbocycles. The highest BCUT2D eigenvalue weighted by Crippen LogP contribution is 2.22. The van der Waals surface area contributed by atoms with Crippen LogP contribution in [0.2, 0.25) is 0 Å². The van der Waals surface area contributed by atoms with E-state index in [4.69, 9.17) is 0 Å². The number of aromatic nitrogens is 4. The number of hydrogen-bond donors (Lipinski definition) is 1. The molecule has 6 nitrogen and oxygen atoms in total. The van der Waals surface area contributed by atoms with E-state index < -0.39 is 0 Å². The third kappa shape index (κ3) is 4.30. The molecule has 7 heteroatoms. The van der Waals surface area contributed by atoms with Crippen molar-refractivity contribution in [1.29, 1.82) is 0 Å². The van der Waals surface area contributed by atoms with Crippen LogP contribution < -0.4 is 5.32 Å². The molecule has 0 aliphatic carbocycles. The van der Waals surface area contributed by atoms with E-state index in [9.17, 15) is 4.79 Å². The fourth-order valence-corrected chi connectivity index (χ4v) is 3.57. The average molecular weight is 384 g/mol. The quantitative estimate of drug-likeness (QED) is 0.658. The van der Waals surface area contributed by atoms with E-state index in [0.29, 0.717) is 16.9 Å². The third-order valence-corrected chi connectivity index (χ3v) is 5.55. The summed E-state index contributed by atoms with van der Waals surface area (Å²) in [4.78, 5) is 21.4. The number of nitrogens with zero attached hydrogens (tertiary/aromatic N) is 4. The summed E-state index contributed by atoms with van der Waals surface area (Å²) in [5, 5.41) is 8.17. The third-order valence-electron chi connectivity index (χ3n) is 4.72. The second kappa shape index (κ2) is 8.08. The van der Waals surface area contributed by atoms with Crippen molar-refractivity contribution >= 4 is 23.4 Å². The summed E-state index contributed by atoms with van der Waals surface area (Å²) < 4.78 is 1.74. The number of benzene rings is 1. The van der Waals surface area contributed by atoms with Gasteiger partial charge in [-0.15, -0.1) is 5.10 Å². The lowest BCUT2D eigenvalue weighted by Crippen LogP contribution is -2.33. The zero-order valence-electron chi connectivity index (χ0n) is 16.4. The Bertz CT molecular complexity index is 952. The molecule has 1 atom stereocenters. The van der Waals surface area contributed by atoms with E-state index in [1.807, 2.05) is 51.1 Å². The number of aryl methyl sites for hydroxylation is 2. The number of hydrogen-bond acceptors (Lipinski definition) is 5. The van der Waals surface area contributed by atoms with Crippen molar-refractivity contribution in [3.63, 3.8) is 0 Å². The van der Waals surface area contributed by atoms with Crippen molar-refractivity contribution in [1.82, 2.24) is 24.9 Å². The van der Waals surface area contributed by atoms with Crippen LogP contribution in [0.15, 0.2) is 35.5 Å². The number of amides is 1. The van der Waals surface area contributed by atoms with Gasteiger partial charge in [-0.25, -0.2) is 9.50 Å². The molecule has 0 unspecified atom stereocenters. The van der Waals surface area contributed by atoms with Gasteiger partial charge in [0.15, 0.2) is 0 Å². The molecule has 27 heavy (non-hydrogen) atoms. The molecule has 2 heterocycles. The van der Waals surface area contributed by atoms with Crippen LogP contribution in [0.3, 0.4) is 0 Å². The Kier molecular flexibility index (Phi) is 5.79. The minimum Gasteiger partial charge on any atom is -0.348 e. The Morgan fingerprint density at radius 2 is 1.85 bits per heavy atom. The molecule has 142 valence electrons. The first-order chi connectivity index (χ1) is 12.9.